The van der Waals surface area contributed by atoms with Gasteiger partial charge >= 0.3 is 7.12 Å². The van der Waals surface area contributed by atoms with E-state index in [4.69, 9.17) is 0 Å². The molecule has 0 aliphatic carbocycles. The first kappa shape index (κ1) is 70.7. The first-order chi connectivity index (χ1) is 58.3. The smallest absolute Gasteiger partial charge is 0.489 e. The predicted molar refractivity (Wildman–Crippen MR) is 508 cm³/mol. The fourth-order valence-corrected chi connectivity index (χ4v) is 20.6. The van der Waals surface area contributed by atoms with Crippen LogP contribution >= 0.6 is 38.6 Å². The maximum atomic E-state index is 10.5. The Morgan fingerprint density at radius 2 is 0.492 bits per heavy atom. The third kappa shape index (κ3) is 12.2. The Kier molecular flexibility index (Phi) is 17.6. The lowest BCUT2D eigenvalue weighted by atomic mass is 9.79. The largest absolute Gasteiger partial charge is 1.00 e. The molecule has 0 atom stereocenters. The van der Waals surface area contributed by atoms with Gasteiger partial charge in [-0.3, -0.25) is 0 Å². The summed E-state index contributed by atoms with van der Waals surface area (Å²) < 4.78 is 15.2. The summed E-state index contributed by atoms with van der Waals surface area (Å²) in [5.41, 5.74) is 26.5. The van der Waals surface area contributed by atoms with E-state index in [1.165, 1.54) is 141 Å². The fraction of sp³-hybridized carbons (Fsp3) is 0. The van der Waals surface area contributed by atoms with Crippen LogP contribution in [0.25, 0.3) is 206 Å². The van der Waals surface area contributed by atoms with E-state index >= 15 is 0 Å². The molecule has 0 saturated heterocycles. The van der Waals surface area contributed by atoms with E-state index in [1.54, 1.807) is 11.3 Å². The highest BCUT2D eigenvalue weighted by molar-refractivity contribution is 9.10. The summed E-state index contributed by atoms with van der Waals surface area (Å²) in [5.74, 6) is 0. The van der Waals surface area contributed by atoms with E-state index in [-0.39, 0.29) is 1.43 Å². The van der Waals surface area contributed by atoms with Crippen LogP contribution in [-0.4, -0.2) is 35.4 Å². The Hall–Kier alpha value is -13.9. The number of nitrogens with zero attached hydrogens (tertiary/aromatic N) is 4. The van der Waals surface area contributed by atoms with Gasteiger partial charge in [-0.1, -0.05) is 283 Å². The van der Waals surface area contributed by atoms with Crippen LogP contribution in [-0.2, 0) is 0 Å². The molecule has 0 spiro atoms. The highest BCUT2D eigenvalue weighted by atomic mass is 79.9. The molecule has 0 amide bonds. The number of hydrogen-bond donors (Lipinski definition) is 2. The molecule has 0 aliphatic heterocycles. The van der Waals surface area contributed by atoms with Gasteiger partial charge < -0.3 is 29.7 Å². The molecule has 118 heavy (non-hydrogen) atoms. The monoisotopic (exact) mass is 1610 g/mol. The van der Waals surface area contributed by atoms with Crippen molar-refractivity contribution in [2.45, 2.75) is 0 Å². The second-order valence-corrected chi connectivity index (χ2v) is 33.2. The van der Waals surface area contributed by atoms with Crippen LogP contribution in [0.1, 0.15) is 1.43 Å². The quantitative estimate of drug-likeness (QED) is 0.134. The molecule has 6 heterocycles. The van der Waals surface area contributed by atoms with E-state index < -0.39 is 7.12 Å². The minimum Gasteiger partial charge on any atom is -1.00 e. The Morgan fingerprint density at radius 3 is 0.881 bits per heavy atom. The molecule has 2 N–H and O–H groups in total. The highest BCUT2D eigenvalue weighted by Crippen LogP contribution is 2.47. The number of para-hydroxylation sites is 6. The number of benzene rings is 18. The van der Waals surface area contributed by atoms with Gasteiger partial charge in [0.05, 0.1) is 44.1 Å². The zero-order chi connectivity index (χ0) is 78.5. The summed E-state index contributed by atoms with van der Waals surface area (Å²) in [6.07, 6.45) is 0. The zero-order valence-corrected chi connectivity index (χ0v) is 66.9. The maximum absolute atomic E-state index is 10.5. The molecule has 10 heteroatoms. The van der Waals surface area contributed by atoms with Crippen molar-refractivity contribution in [3.05, 3.63) is 417 Å². The fourth-order valence-electron chi connectivity index (χ4n) is 17.9. The Morgan fingerprint density at radius 1 is 0.212 bits per heavy atom. The van der Waals surface area contributed by atoms with E-state index in [0.29, 0.717) is 5.46 Å². The molecule has 6 nitrogen and oxygen atoms in total. The van der Waals surface area contributed by atoms with Gasteiger partial charge in [0.1, 0.15) is 0 Å². The predicted octanol–water partition coefficient (Wildman–Crippen LogP) is 29.1. The van der Waals surface area contributed by atoms with Gasteiger partial charge in [-0.15, -0.1) is 22.7 Å². The molecule has 0 fully saturated rings. The first-order valence-corrected chi connectivity index (χ1v) is 42.2. The second kappa shape index (κ2) is 29.4. The first-order valence-electron chi connectivity index (χ1n) is 39.8. The van der Waals surface area contributed by atoms with Gasteiger partial charge in [0.15, 0.2) is 0 Å². The summed E-state index contributed by atoms with van der Waals surface area (Å²) in [4.78, 5) is 0. The summed E-state index contributed by atoms with van der Waals surface area (Å²) in [6, 6.07) is 148. The summed E-state index contributed by atoms with van der Waals surface area (Å²) in [6.45, 7) is 0. The maximum Gasteiger partial charge on any atom is 0.489 e. The molecule has 0 radical (unpaired) electrons. The molecule has 6 aromatic heterocycles. The standard InChI is InChI=1S/C54H34N2S.C42H27BN2O2S.C12H9Br.H/c1-3-13-35(14-4-1)36-23-25-37(26-24-36)45-33-41(34-48-44-19-9-12-22-53(44)57-54(45)48)56-50-21-11-8-18-43(50)47-32-39(28-30-52(47)56)38-27-29-51-46(31-38)42-17-7-10-20-49(42)55(51)40-15-5-2-6-16-40;46-43(47)36-25-29(24-35-32-14-6-9-17-41(32)48-42(35)36)45-38-16-8-5-13-31(38)34-23-27(19-21-40(34)45)26-18-20-39-33(22-26)30-12-4-7-15-37(30)44(39)28-10-2-1-3-11-28;13-12-8-6-11(7-9-12)10-4-2-1-3-5-10;/h1-34H;1-25,46-47H;1-9H;/q;;;-1. The van der Waals surface area contributed by atoms with Crippen molar-refractivity contribution in [3.8, 4) is 78.4 Å². The molecular weight excluding hydrogens is 1540 g/mol. The van der Waals surface area contributed by atoms with Gasteiger partial charge in [0.2, 0.25) is 0 Å². The Bertz CT molecular complexity index is 8030. The van der Waals surface area contributed by atoms with Crippen LogP contribution in [0.3, 0.4) is 0 Å². The van der Waals surface area contributed by atoms with Crippen molar-refractivity contribution >= 4 is 179 Å². The molecule has 558 valence electrons. The van der Waals surface area contributed by atoms with Crippen molar-refractivity contribution in [3.63, 3.8) is 0 Å². The van der Waals surface area contributed by atoms with Gasteiger partial charge in [0, 0.05) is 122 Å². The van der Waals surface area contributed by atoms with E-state index in [0.717, 1.165) is 69.0 Å². The van der Waals surface area contributed by atoms with Crippen LogP contribution in [0.4, 0.5) is 0 Å². The van der Waals surface area contributed by atoms with E-state index in [1.807, 2.05) is 35.6 Å². The number of fused-ring (bicyclic) bond motifs is 18. The van der Waals surface area contributed by atoms with Crippen molar-refractivity contribution in [2.24, 2.45) is 0 Å². The van der Waals surface area contributed by atoms with Gasteiger partial charge in [0.25, 0.3) is 0 Å². The number of rotatable bonds is 10. The van der Waals surface area contributed by atoms with E-state index in [2.05, 4.69) is 422 Å². The molecule has 0 saturated carbocycles. The van der Waals surface area contributed by atoms with Crippen molar-refractivity contribution in [1.29, 1.82) is 0 Å². The number of halogens is 1. The number of aromatic nitrogens is 4. The zero-order valence-electron chi connectivity index (χ0n) is 64.7. The minimum atomic E-state index is -1.58. The SMILES string of the molecule is Brc1ccc(-c2ccccc2)cc1.OB(O)c1cc(-n2c3ccccc3c3cc(-c4ccc5c(c4)c4ccccc4n5-c4ccccc4)ccc32)cc2c1sc1ccccc12.[H-].c1ccc(-c2ccc(-c3cc(-n4c5ccccc5c5cc(-c6ccc7c(c6)c6ccccc6n7-c6ccccc6)ccc54)cc4c3sc3ccccc34)cc2)cc1. The molecule has 0 bridgehead atoms. The van der Waals surface area contributed by atoms with Crippen molar-refractivity contribution in [1.82, 2.24) is 18.3 Å². The molecular formula is C108H71BBrN4O2S2-. The highest BCUT2D eigenvalue weighted by Gasteiger charge is 2.25. The van der Waals surface area contributed by atoms with Gasteiger partial charge in [-0.05, 0) is 196 Å². The van der Waals surface area contributed by atoms with Gasteiger partial charge in [-0.25, -0.2) is 0 Å². The van der Waals surface area contributed by atoms with E-state index in [9.17, 15) is 10.0 Å². The second-order valence-electron chi connectivity index (χ2n) is 30.2. The average molecular weight is 1610 g/mol. The van der Waals surface area contributed by atoms with Gasteiger partial charge in [-0.2, -0.15) is 0 Å². The van der Waals surface area contributed by atoms with Crippen LogP contribution in [0.15, 0.2) is 417 Å². The summed E-state index contributed by atoms with van der Waals surface area (Å²) in [7, 11) is -1.58. The average Bonchev–Trinajstić information content (AvgIpc) is 1.58. The lowest BCUT2D eigenvalue weighted by molar-refractivity contribution is 0.426. The Labute approximate surface area is 698 Å². The topological polar surface area (TPSA) is 60.2 Å². The third-order valence-corrected chi connectivity index (χ3v) is 26.4. The van der Waals surface area contributed by atoms with Crippen LogP contribution in [0.5, 0.6) is 0 Å². The summed E-state index contributed by atoms with van der Waals surface area (Å²) in [5, 5.41) is 35.5. The normalized spacial score (nSPS) is 11.7. The third-order valence-electron chi connectivity index (χ3n) is 23.4. The lowest BCUT2D eigenvalue weighted by Gasteiger charge is -2.13. The lowest BCUT2D eigenvalue weighted by Crippen LogP contribution is -2.30. The molecule has 24 rings (SSSR count). The molecule has 0 unspecified atom stereocenters. The number of thiophene rings is 2. The van der Waals surface area contributed by atoms with Crippen LogP contribution < -0.4 is 5.46 Å². The van der Waals surface area contributed by atoms with Crippen molar-refractivity contribution in [2.75, 3.05) is 0 Å². The number of hydrogen-bond acceptors (Lipinski definition) is 4. The molecule has 18 aromatic carbocycles. The molecule has 0 aliphatic rings. The van der Waals surface area contributed by atoms with Crippen molar-refractivity contribution < 1.29 is 11.5 Å². The summed E-state index contributed by atoms with van der Waals surface area (Å²) >= 11 is 6.91. The molecule has 24 aromatic rings. The van der Waals surface area contributed by atoms with Crippen LogP contribution in [0, 0.1) is 0 Å². The Balaban J connectivity index is 0.000000128. The minimum absolute atomic E-state index is 0. The van der Waals surface area contributed by atoms with Crippen LogP contribution in [0.2, 0.25) is 0 Å².